The summed E-state index contributed by atoms with van der Waals surface area (Å²) in [6.07, 6.45) is 5.44. The van der Waals surface area contributed by atoms with E-state index in [2.05, 4.69) is 19.1 Å². The number of likely N-dealkylation sites (tertiary alicyclic amines) is 1. The summed E-state index contributed by atoms with van der Waals surface area (Å²) in [5, 5.41) is 0. The second kappa shape index (κ2) is 6.05. The summed E-state index contributed by atoms with van der Waals surface area (Å²) in [5.74, 6) is -0.277. The van der Waals surface area contributed by atoms with Gasteiger partial charge in [-0.05, 0) is 37.9 Å². The number of rotatable bonds is 4. The van der Waals surface area contributed by atoms with Gasteiger partial charge in [-0.2, -0.15) is 0 Å². The van der Waals surface area contributed by atoms with Crippen LogP contribution >= 0.6 is 0 Å². The van der Waals surface area contributed by atoms with E-state index in [4.69, 9.17) is 0 Å². The van der Waals surface area contributed by atoms with Crippen LogP contribution in [0.15, 0.2) is 36.4 Å². The average molecular weight is 298 g/mol. The molecule has 4 nitrogen and oxygen atoms in total. The molecule has 2 amide bonds. The van der Waals surface area contributed by atoms with Crippen molar-refractivity contribution in [2.45, 2.75) is 26.3 Å². The first kappa shape index (κ1) is 15.0. The molecule has 0 saturated carbocycles. The van der Waals surface area contributed by atoms with Crippen molar-refractivity contribution >= 4 is 11.8 Å². The van der Waals surface area contributed by atoms with E-state index < -0.39 is 0 Å². The summed E-state index contributed by atoms with van der Waals surface area (Å²) in [6, 6.07) is 8.20. The molecule has 1 aliphatic heterocycles. The Kier molecular flexibility index (Phi) is 4.12. The van der Waals surface area contributed by atoms with Crippen LogP contribution in [0.4, 0.5) is 0 Å². The largest absolute Gasteiger partial charge is 0.284 e. The van der Waals surface area contributed by atoms with E-state index in [9.17, 15) is 9.59 Å². The fourth-order valence-electron chi connectivity index (χ4n) is 3.38. The number of aryl methyl sites for hydroxylation is 1. The number of carbonyl (C=O) groups excluding carboxylic acids is 2. The number of nitrogens with zero attached hydrogens (tertiary/aromatic N) is 2. The highest BCUT2D eigenvalue weighted by molar-refractivity contribution is 6.05. The molecule has 1 fully saturated rings. The van der Waals surface area contributed by atoms with Gasteiger partial charge in [-0.25, -0.2) is 0 Å². The van der Waals surface area contributed by atoms with Crippen molar-refractivity contribution in [3.8, 4) is 0 Å². The molecule has 116 valence electrons. The van der Waals surface area contributed by atoms with Gasteiger partial charge in [0.15, 0.2) is 0 Å². The highest BCUT2D eigenvalue weighted by Crippen LogP contribution is 2.35. The molecular weight excluding hydrogens is 276 g/mol. The first-order chi connectivity index (χ1) is 10.6. The molecule has 3 rings (SSSR count). The Balaban J connectivity index is 1.67. The lowest BCUT2D eigenvalue weighted by Gasteiger charge is -2.24. The maximum absolute atomic E-state index is 12.4. The minimum absolute atomic E-state index is 0.00372. The Bertz CT molecular complexity index is 597. The summed E-state index contributed by atoms with van der Waals surface area (Å²) in [4.78, 5) is 28.4. The van der Waals surface area contributed by atoms with Crippen molar-refractivity contribution in [2.24, 2.45) is 11.8 Å². The van der Waals surface area contributed by atoms with Crippen molar-refractivity contribution in [2.75, 3.05) is 13.7 Å². The van der Waals surface area contributed by atoms with E-state index in [1.807, 2.05) is 36.2 Å². The molecule has 1 aromatic carbocycles. The number of hydrogen-bond acceptors (Lipinski definition) is 3. The molecule has 0 bridgehead atoms. The second-order valence-corrected chi connectivity index (χ2v) is 6.34. The van der Waals surface area contributed by atoms with Crippen molar-refractivity contribution in [1.82, 2.24) is 9.80 Å². The van der Waals surface area contributed by atoms with E-state index >= 15 is 0 Å². The Labute approximate surface area is 131 Å². The third kappa shape index (κ3) is 2.71. The van der Waals surface area contributed by atoms with Gasteiger partial charge < -0.3 is 0 Å². The van der Waals surface area contributed by atoms with Gasteiger partial charge in [-0.3, -0.25) is 19.4 Å². The van der Waals surface area contributed by atoms with Gasteiger partial charge in [0, 0.05) is 6.54 Å². The van der Waals surface area contributed by atoms with E-state index in [0.717, 1.165) is 6.54 Å². The van der Waals surface area contributed by atoms with Gasteiger partial charge in [-0.15, -0.1) is 0 Å². The minimum atomic E-state index is -0.135. The topological polar surface area (TPSA) is 40.6 Å². The van der Waals surface area contributed by atoms with Crippen LogP contribution in [0.25, 0.3) is 0 Å². The highest BCUT2D eigenvalue weighted by atomic mass is 16.2. The molecule has 22 heavy (non-hydrogen) atoms. The number of imide groups is 1. The zero-order chi connectivity index (χ0) is 15.7. The first-order valence-corrected chi connectivity index (χ1v) is 7.81. The average Bonchev–Trinajstić information content (AvgIpc) is 2.75. The third-order valence-electron chi connectivity index (χ3n) is 4.68. The molecule has 1 heterocycles. The summed E-state index contributed by atoms with van der Waals surface area (Å²) in [7, 11) is 1.95. The number of benzene rings is 1. The normalized spacial score (nSPS) is 24.2. The van der Waals surface area contributed by atoms with Crippen molar-refractivity contribution in [3.05, 3.63) is 47.5 Å². The molecule has 1 saturated heterocycles. The maximum atomic E-state index is 12.4. The van der Waals surface area contributed by atoms with E-state index in [0.29, 0.717) is 19.5 Å². The molecule has 1 aliphatic carbocycles. The van der Waals surface area contributed by atoms with Crippen molar-refractivity contribution in [1.29, 1.82) is 0 Å². The molecule has 1 aromatic rings. The fourth-order valence-corrected chi connectivity index (χ4v) is 3.38. The summed E-state index contributed by atoms with van der Waals surface area (Å²) in [5.41, 5.74) is 2.45. The SMILES string of the molecule is Cc1ccccc1CN(C)CN1C(=O)[C@H]2CC=CC[C@H]2C1=O. The molecule has 0 aromatic heterocycles. The van der Waals surface area contributed by atoms with Gasteiger partial charge in [0.25, 0.3) is 0 Å². The summed E-state index contributed by atoms with van der Waals surface area (Å²) >= 11 is 0. The summed E-state index contributed by atoms with van der Waals surface area (Å²) < 4.78 is 0. The Morgan fingerprint density at radius 2 is 1.68 bits per heavy atom. The predicted octanol–water partition coefficient (Wildman–Crippen LogP) is 2.34. The standard InChI is InChI=1S/C18H22N2O2/c1-13-7-3-4-8-14(13)11-19(2)12-20-17(21)15-9-5-6-10-16(15)18(20)22/h3-8,15-16H,9-12H2,1-2H3/t15-,16+. The molecule has 0 unspecified atom stereocenters. The van der Waals surface area contributed by atoms with Crippen LogP contribution in [-0.2, 0) is 16.1 Å². The number of carbonyl (C=O) groups is 2. The maximum Gasteiger partial charge on any atom is 0.234 e. The van der Waals surface area contributed by atoms with Crippen LogP contribution in [0.3, 0.4) is 0 Å². The number of amides is 2. The molecule has 0 spiro atoms. The van der Waals surface area contributed by atoms with Crippen LogP contribution < -0.4 is 0 Å². The second-order valence-electron chi connectivity index (χ2n) is 6.34. The van der Waals surface area contributed by atoms with Crippen LogP contribution in [0.1, 0.15) is 24.0 Å². The Hall–Kier alpha value is -1.94. The van der Waals surface area contributed by atoms with E-state index in [1.165, 1.54) is 16.0 Å². The van der Waals surface area contributed by atoms with Gasteiger partial charge >= 0.3 is 0 Å². The number of allylic oxidation sites excluding steroid dienone is 2. The van der Waals surface area contributed by atoms with Crippen LogP contribution in [0, 0.1) is 18.8 Å². The monoisotopic (exact) mass is 298 g/mol. The third-order valence-corrected chi connectivity index (χ3v) is 4.68. The zero-order valence-corrected chi connectivity index (χ0v) is 13.2. The minimum Gasteiger partial charge on any atom is -0.284 e. The summed E-state index contributed by atoms with van der Waals surface area (Å²) in [6.45, 7) is 3.19. The number of hydrogen-bond donors (Lipinski definition) is 0. The van der Waals surface area contributed by atoms with Gasteiger partial charge in [0.2, 0.25) is 11.8 Å². The lowest BCUT2D eigenvalue weighted by Crippen LogP contribution is -2.40. The molecule has 4 heteroatoms. The fraction of sp³-hybridized carbons (Fsp3) is 0.444. The van der Waals surface area contributed by atoms with Crippen molar-refractivity contribution in [3.63, 3.8) is 0 Å². The Morgan fingerprint density at radius 3 is 2.27 bits per heavy atom. The zero-order valence-electron chi connectivity index (χ0n) is 13.2. The quantitative estimate of drug-likeness (QED) is 0.633. The van der Waals surface area contributed by atoms with Gasteiger partial charge in [0.1, 0.15) is 0 Å². The predicted molar refractivity (Wildman–Crippen MR) is 84.7 cm³/mol. The van der Waals surface area contributed by atoms with E-state index in [-0.39, 0.29) is 23.7 Å². The first-order valence-electron chi connectivity index (χ1n) is 7.81. The lowest BCUT2D eigenvalue weighted by molar-refractivity contribution is -0.142. The van der Waals surface area contributed by atoms with Crippen LogP contribution in [-0.4, -0.2) is 35.3 Å². The molecule has 2 aliphatic rings. The Morgan fingerprint density at radius 1 is 1.09 bits per heavy atom. The van der Waals surface area contributed by atoms with Crippen LogP contribution in [0.2, 0.25) is 0 Å². The van der Waals surface area contributed by atoms with Crippen LogP contribution in [0.5, 0.6) is 0 Å². The van der Waals surface area contributed by atoms with E-state index in [1.54, 1.807) is 0 Å². The molecular formula is C18H22N2O2. The smallest absolute Gasteiger partial charge is 0.234 e. The molecule has 2 atom stereocenters. The van der Waals surface area contributed by atoms with Crippen molar-refractivity contribution < 1.29 is 9.59 Å². The van der Waals surface area contributed by atoms with Gasteiger partial charge in [0.05, 0.1) is 18.5 Å². The highest BCUT2D eigenvalue weighted by Gasteiger charge is 2.47. The number of fused-ring (bicyclic) bond motifs is 1. The molecule has 0 radical (unpaired) electrons. The molecule has 0 N–H and O–H groups in total. The van der Waals surface area contributed by atoms with Gasteiger partial charge in [-0.1, -0.05) is 36.4 Å². The lowest BCUT2D eigenvalue weighted by atomic mass is 9.85.